The van der Waals surface area contributed by atoms with Crippen LogP contribution < -0.4 is 9.46 Å². The second-order valence-corrected chi connectivity index (χ2v) is 7.92. The van der Waals surface area contributed by atoms with Gasteiger partial charge in [0.1, 0.15) is 5.75 Å². The number of anilines is 1. The first-order valence-electron chi connectivity index (χ1n) is 7.51. The highest BCUT2D eigenvalue weighted by molar-refractivity contribution is 7.92. The number of ether oxygens (including phenoxy) is 1. The Hall–Kier alpha value is -2.22. The summed E-state index contributed by atoms with van der Waals surface area (Å²) in [6.45, 7) is 0.432. The molecule has 0 spiro atoms. The standard InChI is InChI=1S/C17H15Cl2N3O3S/c1-25-13-3-5-14(6-4-13)26(23,24)21-17-8-9-22(20-17)11-12-2-7-15(18)16(19)10-12/h2-10H,11H2,1H3,(H,20,21). The Kier molecular flexibility index (Phi) is 5.41. The van der Waals surface area contributed by atoms with Crippen molar-refractivity contribution in [2.24, 2.45) is 0 Å². The van der Waals surface area contributed by atoms with Crippen molar-refractivity contribution >= 4 is 39.0 Å². The zero-order valence-electron chi connectivity index (χ0n) is 13.7. The van der Waals surface area contributed by atoms with Crippen molar-refractivity contribution in [2.75, 3.05) is 11.8 Å². The van der Waals surface area contributed by atoms with Gasteiger partial charge in [-0.1, -0.05) is 29.3 Å². The van der Waals surface area contributed by atoms with Crippen LogP contribution >= 0.6 is 23.2 Å². The van der Waals surface area contributed by atoms with Crippen LogP contribution in [0.3, 0.4) is 0 Å². The van der Waals surface area contributed by atoms with Gasteiger partial charge >= 0.3 is 0 Å². The first-order valence-corrected chi connectivity index (χ1v) is 9.75. The average Bonchev–Trinajstić information content (AvgIpc) is 3.04. The van der Waals surface area contributed by atoms with Gasteiger partial charge in [-0.3, -0.25) is 9.40 Å². The molecule has 1 aromatic heterocycles. The molecule has 9 heteroatoms. The van der Waals surface area contributed by atoms with Crippen molar-refractivity contribution in [3.8, 4) is 5.75 Å². The highest BCUT2D eigenvalue weighted by atomic mass is 35.5. The average molecular weight is 412 g/mol. The molecule has 0 aliphatic carbocycles. The van der Waals surface area contributed by atoms with Crippen molar-refractivity contribution in [1.29, 1.82) is 0 Å². The van der Waals surface area contributed by atoms with E-state index in [2.05, 4.69) is 9.82 Å². The fraction of sp³-hybridized carbons (Fsp3) is 0.118. The molecule has 0 aliphatic heterocycles. The Labute approximate surface area is 161 Å². The summed E-state index contributed by atoms with van der Waals surface area (Å²) in [6, 6.07) is 13.0. The van der Waals surface area contributed by atoms with Gasteiger partial charge in [-0.05, 0) is 42.0 Å². The summed E-state index contributed by atoms with van der Waals surface area (Å²) in [4.78, 5) is 0.123. The smallest absolute Gasteiger partial charge is 0.263 e. The largest absolute Gasteiger partial charge is 0.497 e. The maximum atomic E-state index is 12.4. The number of methoxy groups -OCH3 is 1. The monoisotopic (exact) mass is 411 g/mol. The summed E-state index contributed by atoms with van der Waals surface area (Å²) in [5.74, 6) is 0.802. The minimum absolute atomic E-state index is 0.123. The molecule has 6 nitrogen and oxygen atoms in total. The maximum absolute atomic E-state index is 12.4. The molecule has 0 unspecified atom stereocenters. The third-order valence-corrected chi connectivity index (χ3v) is 5.69. The van der Waals surface area contributed by atoms with Gasteiger partial charge in [-0.15, -0.1) is 0 Å². The quantitative estimate of drug-likeness (QED) is 0.663. The highest BCUT2D eigenvalue weighted by Gasteiger charge is 2.15. The van der Waals surface area contributed by atoms with Crippen molar-refractivity contribution < 1.29 is 13.2 Å². The number of nitrogens with zero attached hydrogens (tertiary/aromatic N) is 2. The SMILES string of the molecule is COc1ccc(S(=O)(=O)Nc2ccn(Cc3ccc(Cl)c(Cl)c3)n2)cc1. The second kappa shape index (κ2) is 7.57. The van der Waals surface area contributed by atoms with Gasteiger partial charge in [0.2, 0.25) is 0 Å². The van der Waals surface area contributed by atoms with Gasteiger partial charge in [0.25, 0.3) is 10.0 Å². The van der Waals surface area contributed by atoms with Crippen LogP contribution in [0.2, 0.25) is 10.0 Å². The molecule has 1 heterocycles. The first kappa shape index (κ1) is 18.6. The van der Waals surface area contributed by atoms with Gasteiger partial charge < -0.3 is 4.74 Å². The van der Waals surface area contributed by atoms with E-state index < -0.39 is 10.0 Å². The normalized spacial score (nSPS) is 11.3. The van der Waals surface area contributed by atoms with Gasteiger partial charge in [0.15, 0.2) is 5.82 Å². The Balaban J connectivity index is 1.73. The molecular formula is C17H15Cl2N3O3S. The number of aromatic nitrogens is 2. The third kappa shape index (κ3) is 4.30. The molecule has 0 radical (unpaired) electrons. The molecule has 0 fully saturated rings. The van der Waals surface area contributed by atoms with Crippen LogP contribution in [0.15, 0.2) is 59.6 Å². The lowest BCUT2D eigenvalue weighted by atomic mass is 10.2. The summed E-state index contributed by atoms with van der Waals surface area (Å²) >= 11 is 11.9. The lowest BCUT2D eigenvalue weighted by Crippen LogP contribution is -2.13. The molecule has 136 valence electrons. The van der Waals surface area contributed by atoms with E-state index in [1.54, 1.807) is 41.2 Å². The molecule has 0 atom stereocenters. The molecule has 0 saturated heterocycles. The fourth-order valence-electron chi connectivity index (χ4n) is 2.28. The van der Waals surface area contributed by atoms with Gasteiger partial charge in [0.05, 0.1) is 28.6 Å². The lowest BCUT2D eigenvalue weighted by Gasteiger charge is -2.07. The Morgan fingerprint density at radius 3 is 2.46 bits per heavy atom. The lowest BCUT2D eigenvalue weighted by molar-refractivity contribution is 0.414. The molecule has 0 aliphatic rings. The van der Waals surface area contributed by atoms with Gasteiger partial charge in [-0.25, -0.2) is 8.42 Å². The van der Waals surface area contributed by atoms with Crippen LogP contribution in [-0.4, -0.2) is 25.3 Å². The summed E-state index contributed by atoms with van der Waals surface area (Å²) in [6.07, 6.45) is 1.67. The number of nitrogens with one attached hydrogen (secondary N) is 1. The number of hydrogen-bond donors (Lipinski definition) is 1. The van der Waals surface area contributed by atoms with Crippen LogP contribution in [0.1, 0.15) is 5.56 Å². The second-order valence-electron chi connectivity index (χ2n) is 5.43. The summed E-state index contributed by atoms with van der Waals surface area (Å²) in [5.41, 5.74) is 0.895. The van der Waals surface area contributed by atoms with E-state index in [0.29, 0.717) is 22.3 Å². The Bertz CT molecular complexity index is 1020. The van der Waals surface area contributed by atoms with Crippen LogP contribution in [0.5, 0.6) is 5.75 Å². The third-order valence-electron chi connectivity index (χ3n) is 3.58. The number of rotatable bonds is 6. The Morgan fingerprint density at radius 1 is 1.08 bits per heavy atom. The van der Waals surface area contributed by atoms with E-state index in [-0.39, 0.29) is 10.7 Å². The molecule has 2 aromatic carbocycles. The van der Waals surface area contributed by atoms with E-state index in [1.165, 1.54) is 19.2 Å². The summed E-state index contributed by atoms with van der Waals surface area (Å²) in [5, 5.41) is 5.16. The molecule has 0 amide bonds. The highest BCUT2D eigenvalue weighted by Crippen LogP contribution is 2.23. The maximum Gasteiger partial charge on any atom is 0.263 e. The van der Waals surface area contributed by atoms with E-state index in [4.69, 9.17) is 27.9 Å². The first-order chi connectivity index (χ1) is 12.4. The van der Waals surface area contributed by atoms with E-state index in [9.17, 15) is 8.42 Å². The summed E-state index contributed by atoms with van der Waals surface area (Å²) < 4.78 is 33.9. The topological polar surface area (TPSA) is 73.2 Å². The minimum Gasteiger partial charge on any atom is -0.497 e. The van der Waals surface area contributed by atoms with Crippen molar-refractivity contribution in [3.05, 3.63) is 70.3 Å². The zero-order chi connectivity index (χ0) is 18.7. The predicted octanol–water partition coefficient (Wildman–Crippen LogP) is 4.05. The minimum atomic E-state index is -3.73. The zero-order valence-corrected chi connectivity index (χ0v) is 16.0. The number of hydrogen-bond acceptors (Lipinski definition) is 4. The number of benzene rings is 2. The van der Waals surface area contributed by atoms with Crippen LogP contribution in [0.25, 0.3) is 0 Å². The van der Waals surface area contributed by atoms with Crippen molar-refractivity contribution in [1.82, 2.24) is 9.78 Å². The molecule has 1 N–H and O–H groups in total. The molecule has 26 heavy (non-hydrogen) atoms. The molecule has 3 rings (SSSR count). The van der Waals surface area contributed by atoms with Gasteiger partial charge in [-0.2, -0.15) is 5.10 Å². The van der Waals surface area contributed by atoms with Crippen molar-refractivity contribution in [2.45, 2.75) is 11.4 Å². The summed E-state index contributed by atoms with van der Waals surface area (Å²) in [7, 11) is -2.21. The molecule has 0 saturated carbocycles. The van der Waals surface area contributed by atoms with E-state index in [1.807, 2.05) is 6.07 Å². The predicted molar refractivity (Wildman–Crippen MR) is 102 cm³/mol. The molecule has 3 aromatic rings. The van der Waals surface area contributed by atoms with Crippen LogP contribution in [0.4, 0.5) is 5.82 Å². The number of halogens is 2. The van der Waals surface area contributed by atoms with Gasteiger partial charge in [0, 0.05) is 12.3 Å². The molecule has 0 bridgehead atoms. The van der Waals surface area contributed by atoms with Crippen LogP contribution in [0, 0.1) is 0 Å². The fourth-order valence-corrected chi connectivity index (χ4v) is 3.60. The molecular weight excluding hydrogens is 397 g/mol. The number of sulfonamides is 1. The van der Waals surface area contributed by atoms with Crippen LogP contribution in [-0.2, 0) is 16.6 Å². The van der Waals surface area contributed by atoms with E-state index in [0.717, 1.165) is 5.56 Å². The van der Waals surface area contributed by atoms with Crippen molar-refractivity contribution in [3.63, 3.8) is 0 Å². The Morgan fingerprint density at radius 2 is 1.81 bits per heavy atom. The van der Waals surface area contributed by atoms with E-state index >= 15 is 0 Å².